The van der Waals surface area contributed by atoms with Crippen LogP contribution >= 0.6 is 45.2 Å². The van der Waals surface area contributed by atoms with E-state index in [1.165, 1.54) is 73.9 Å². The molecular weight excluding hydrogens is 670 g/mol. The van der Waals surface area contributed by atoms with Gasteiger partial charge in [0.05, 0.1) is 3.57 Å². The van der Waals surface area contributed by atoms with Crippen LogP contribution in [0.2, 0.25) is 0 Å². The molecule has 4 aromatic carbocycles. The summed E-state index contributed by atoms with van der Waals surface area (Å²) in [6, 6.07) is 18.1. The molecule has 4 aromatic rings. The van der Waals surface area contributed by atoms with Gasteiger partial charge in [0.25, 0.3) is 0 Å². The Morgan fingerprint density at radius 2 is 1.11 bits per heavy atom. The highest BCUT2D eigenvalue weighted by atomic mass is 127. The molecule has 0 saturated heterocycles. The monoisotopic (exact) mass is 698 g/mol. The zero-order valence-corrected chi connectivity index (χ0v) is 25.3. The van der Waals surface area contributed by atoms with Crippen LogP contribution in [0.1, 0.15) is 44.5 Å². The van der Waals surface area contributed by atoms with E-state index in [2.05, 4.69) is 121 Å². The number of aryl methyl sites for hydroxylation is 4. The van der Waals surface area contributed by atoms with Crippen LogP contribution in [0.3, 0.4) is 0 Å². The Labute approximate surface area is 240 Å². The first-order chi connectivity index (χ1) is 17.3. The Kier molecular flexibility index (Phi) is 6.31. The van der Waals surface area contributed by atoms with Crippen molar-refractivity contribution in [3.05, 3.63) is 100 Å². The van der Waals surface area contributed by atoms with Gasteiger partial charge in [0.1, 0.15) is 24.7 Å². The Morgan fingerprint density at radius 1 is 0.556 bits per heavy atom. The molecule has 0 bridgehead atoms. The number of rotatable bonds is 3. The molecule has 0 saturated carbocycles. The van der Waals surface area contributed by atoms with Crippen molar-refractivity contribution in [2.45, 2.75) is 53.8 Å². The average Bonchev–Trinajstić information content (AvgIpc) is 2.88. The SMILES string of the molecule is Cc1ccc2c(c1C)COc1c-2ccc(CCc2ccc3c(c2C)OCc2c-3ccc(C)c2I)c1I. The van der Waals surface area contributed by atoms with E-state index in [-0.39, 0.29) is 0 Å². The van der Waals surface area contributed by atoms with Crippen LogP contribution < -0.4 is 9.47 Å². The summed E-state index contributed by atoms with van der Waals surface area (Å²) >= 11 is 4.93. The van der Waals surface area contributed by atoms with Crippen LogP contribution in [0.4, 0.5) is 0 Å². The highest BCUT2D eigenvalue weighted by Crippen LogP contribution is 2.45. The lowest BCUT2D eigenvalue weighted by Gasteiger charge is -2.26. The van der Waals surface area contributed by atoms with Crippen LogP contribution in [0.5, 0.6) is 11.5 Å². The molecule has 2 heterocycles. The summed E-state index contributed by atoms with van der Waals surface area (Å²) in [5.41, 5.74) is 15.6. The van der Waals surface area contributed by atoms with E-state index in [1.807, 2.05) is 0 Å². The molecule has 0 N–H and O–H groups in total. The summed E-state index contributed by atoms with van der Waals surface area (Å²) in [5, 5.41) is 0. The molecule has 0 radical (unpaired) electrons. The van der Waals surface area contributed by atoms with E-state index in [1.54, 1.807) is 0 Å². The summed E-state index contributed by atoms with van der Waals surface area (Å²) in [7, 11) is 0. The van der Waals surface area contributed by atoms with Crippen LogP contribution in [0, 0.1) is 34.8 Å². The fourth-order valence-corrected chi connectivity index (χ4v) is 7.07. The number of fused-ring (bicyclic) bond motifs is 6. The third-order valence-corrected chi connectivity index (χ3v) is 10.7. The number of ether oxygens (including phenoxy) is 2. The van der Waals surface area contributed by atoms with E-state index >= 15 is 0 Å². The molecular formula is C32H28I2O2. The van der Waals surface area contributed by atoms with Crippen molar-refractivity contribution in [1.82, 2.24) is 0 Å². The topological polar surface area (TPSA) is 18.5 Å². The zero-order valence-electron chi connectivity index (χ0n) is 21.0. The smallest absolute Gasteiger partial charge is 0.141 e. The van der Waals surface area contributed by atoms with E-state index in [4.69, 9.17) is 9.47 Å². The molecule has 4 heteroatoms. The van der Waals surface area contributed by atoms with Crippen molar-refractivity contribution in [2.24, 2.45) is 0 Å². The van der Waals surface area contributed by atoms with Crippen LogP contribution in [-0.4, -0.2) is 0 Å². The number of benzene rings is 4. The largest absolute Gasteiger partial charge is 0.488 e. The first-order valence-electron chi connectivity index (χ1n) is 12.4. The molecule has 6 rings (SSSR count). The van der Waals surface area contributed by atoms with Crippen molar-refractivity contribution < 1.29 is 9.47 Å². The maximum Gasteiger partial charge on any atom is 0.141 e. The molecule has 182 valence electrons. The van der Waals surface area contributed by atoms with Crippen molar-refractivity contribution >= 4 is 45.2 Å². The number of halogens is 2. The van der Waals surface area contributed by atoms with Crippen molar-refractivity contribution in [1.29, 1.82) is 0 Å². The maximum absolute atomic E-state index is 6.33. The second-order valence-electron chi connectivity index (χ2n) is 9.98. The summed E-state index contributed by atoms with van der Waals surface area (Å²) in [6.07, 6.45) is 1.95. The second-order valence-corrected chi connectivity index (χ2v) is 12.1. The molecule has 2 aliphatic rings. The van der Waals surface area contributed by atoms with E-state index in [9.17, 15) is 0 Å². The predicted molar refractivity (Wildman–Crippen MR) is 164 cm³/mol. The van der Waals surface area contributed by atoms with E-state index < -0.39 is 0 Å². The highest BCUT2D eigenvalue weighted by Gasteiger charge is 2.25. The summed E-state index contributed by atoms with van der Waals surface area (Å²) in [5.74, 6) is 2.08. The Bertz CT molecular complexity index is 1430. The van der Waals surface area contributed by atoms with Gasteiger partial charge in [-0.2, -0.15) is 0 Å². The lowest BCUT2D eigenvalue weighted by Crippen LogP contribution is -2.11. The molecule has 0 spiro atoms. The lowest BCUT2D eigenvalue weighted by molar-refractivity contribution is 0.298. The molecule has 0 fully saturated rings. The molecule has 2 aliphatic heterocycles. The fourth-order valence-electron chi connectivity index (χ4n) is 5.55. The first kappa shape index (κ1) is 24.3. The number of hydrogen-bond donors (Lipinski definition) is 0. The number of hydrogen-bond acceptors (Lipinski definition) is 2. The van der Waals surface area contributed by atoms with Crippen LogP contribution in [0.25, 0.3) is 22.3 Å². The normalized spacial score (nSPS) is 13.2. The van der Waals surface area contributed by atoms with Crippen molar-refractivity contribution in [3.63, 3.8) is 0 Å². The third-order valence-electron chi connectivity index (χ3n) is 7.97. The summed E-state index contributed by atoms with van der Waals surface area (Å²) in [4.78, 5) is 0. The van der Waals surface area contributed by atoms with Crippen LogP contribution in [-0.2, 0) is 26.1 Å². The Hall–Kier alpha value is -2.06. The average molecular weight is 698 g/mol. The van der Waals surface area contributed by atoms with Crippen molar-refractivity contribution in [3.8, 4) is 33.8 Å². The Morgan fingerprint density at radius 3 is 1.89 bits per heavy atom. The van der Waals surface area contributed by atoms with E-state index in [0.29, 0.717) is 13.2 Å². The summed E-state index contributed by atoms with van der Waals surface area (Å²) < 4.78 is 15.2. The quantitative estimate of drug-likeness (QED) is 0.199. The second kappa shape index (κ2) is 9.35. The molecule has 2 nitrogen and oxygen atoms in total. The molecule has 0 atom stereocenters. The Balaban J connectivity index is 1.29. The van der Waals surface area contributed by atoms with Gasteiger partial charge in [-0.05, 0) is 130 Å². The van der Waals surface area contributed by atoms with E-state index in [0.717, 1.165) is 24.3 Å². The standard InChI is InChI=1S/C32H28I2O2/c1-17-5-11-23-26-14-10-22(30(34)32(26)36-15-27(23)19(17)3)8-7-21-9-13-25-24-12-6-18(2)29(33)28(24)16-35-31(25)20(21)4/h5-6,9-14H,7-8,15-16H2,1-4H3. The van der Waals surface area contributed by atoms with Gasteiger partial charge >= 0.3 is 0 Å². The van der Waals surface area contributed by atoms with Crippen molar-refractivity contribution in [2.75, 3.05) is 0 Å². The van der Waals surface area contributed by atoms with Gasteiger partial charge in [-0.1, -0.05) is 48.5 Å². The van der Waals surface area contributed by atoms with Crippen LogP contribution in [0.15, 0.2) is 48.5 Å². The maximum atomic E-state index is 6.33. The molecule has 0 amide bonds. The lowest BCUT2D eigenvalue weighted by atomic mass is 9.89. The molecule has 0 aliphatic carbocycles. The molecule has 0 unspecified atom stereocenters. The fraction of sp³-hybridized carbons (Fsp3) is 0.250. The third kappa shape index (κ3) is 3.87. The van der Waals surface area contributed by atoms with Gasteiger partial charge in [-0.25, -0.2) is 0 Å². The van der Waals surface area contributed by atoms with Gasteiger partial charge in [-0.15, -0.1) is 0 Å². The minimum atomic E-state index is 0.646. The first-order valence-corrected chi connectivity index (χ1v) is 14.6. The minimum Gasteiger partial charge on any atom is -0.488 e. The minimum absolute atomic E-state index is 0.646. The van der Waals surface area contributed by atoms with Gasteiger partial charge in [0, 0.05) is 25.8 Å². The van der Waals surface area contributed by atoms with Gasteiger partial charge < -0.3 is 9.47 Å². The zero-order chi connectivity index (χ0) is 25.1. The van der Waals surface area contributed by atoms with Gasteiger partial charge in [0.2, 0.25) is 0 Å². The predicted octanol–water partition coefficient (Wildman–Crippen LogP) is 9.03. The highest BCUT2D eigenvalue weighted by molar-refractivity contribution is 14.1. The van der Waals surface area contributed by atoms with Gasteiger partial charge in [-0.3, -0.25) is 0 Å². The molecule has 0 aromatic heterocycles. The molecule has 36 heavy (non-hydrogen) atoms. The summed E-state index contributed by atoms with van der Waals surface area (Å²) in [6.45, 7) is 10.0. The van der Waals surface area contributed by atoms with Gasteiger partial charge in [0.15, 0.2) is 0 Å².